The second kappa shape index (κ2) is 11.8. The maximum absolute atomic E-state index is 12.9. The fraction of sp³-hybridized carbons (Fsp3) is 0.241. The number of ether oxygens (including phenoxy) is 1. The van der Waals surface area contributed by atoms with Gasteiger partial charge in [-0.3, -0.25) is 4.79 Å². The van der Waals surface area contributed by atoms with Gasteiger partial charge < -0.3 is 25.3 Å². The van der Waals surface area contributed by atoms with Crippen LogP contribution in [0.25, 0.3) is 10.9 Å². The quantitative estimate of drug-likeness (QED) is 0.247. The lowest BCUT2D eigenvalue weighted by atomic mass is 10.0. The van der Waals surface area contributed by atoms with Gasteiger partial charge in [0.25, 0.3) is 15.9 Å². The minimum Gasteiger partial charge on any atom is -0.496 e. The van der Waals surface area contributed by atoms with E-state index in [1.54, 1.807) is 12.1 Å². The lowest BCUT2D eigenvalue weighted by Gasteiger charge is -2.17. The van der Waals surface area contributed by atoms with Crippen molar-refractivity contribution >= 4 is 54.3 Å². The van der Waals surface area contributed by atoms with Crippen molar-refractivity contribution in [3.05, 3.63) is 83.6 Å². The zero-order chi connectivity index (χ0) is 31.8. The van der Waals surface area contributed by atoms with E-state index in [1.807, 2.05) is 29.9 Å². The number of nitrogens with zero attached hydrogens (tertiary/aromatic N) is 3. The number of urea groups is 1. The zero-order valence-corrected chi connectivity index (χ0v) is 25.9. The molecule has 3 aromatic carbocycles. The van der Waals surface area contributed by atoms with Crippen molar-refractivity contribution in [1.82, 2.24) is 18.5 Å². The lowest BCUT2D eigenvalue weighted by Crippen LogP contribution is -2.36. The Hall–Kier alpha value is -4.60. The highest BCUT2D eigenvalue weighted by molar-refractivity contribution is 7.90. The van der Waals surface area contributed by atoms with Gasteiger partial charge in [-0.25, -0.2) is 26.4 Å². The van der Waals surface area contributed by atoms with E-state index in [-0.39, 0.29) is 23.7 Å². The van der Waals surface area contributed by atoms with Crippen molar-refractivity contribution in [3.63, 3.8) is 0 Å². The monoisotopic (exact) mass is 640 g/mol. The number of rotatable bonds is 8. The fourth-order valence-corrected chi connectivity index (χ4v) is 6.76. The average molecular weight is 641 g/mol. The van der Waals surface area contributed by atoms with E-state index in [1.165, 1.54) is 52.7 Å². The highest BCUT2D eigenvalue weighted by atomic mass is 32.2. The molecule has 0 atom stereocenters. The number of nitrogens with one attached hydrogen (secondary N) is 2. The van der Waals surface area contributed by atoms with Crippen LogP contribution in [-0.2, 0) is 33.5 Å². The van der Waals surface area contributed by atoms with Gasteiger partial charge in [0.05, 0.1) is 24.9 Å². The van der Waals surface area contributed by atoms with Gasteiger partial charge in [0.1, 0.15) is 5.75 Å². The molecule has 3 amide bonds. The zero-order valence-electron chi connectivity index (χ0n) is 24.3. The summed E-state index contributed by atoms with van der Waals surface area (Å²) >= 11 is 0. The second-order valence-corrected chi connectivity index (χ2v) is 14.1. The van der Waals surface area contributed by atoms with Gasteiger partial charge in [0.2, 0.25) is 10.0 Å². The van der Waals surface area contributed by atoms with Gasteiger partial charge in [-0.15, -0.1) is 0 Å². The van der Waals surface area contributed by atoms with E-state index >= 15 is 0 Å². The summed E-state index contributed by atoms with van der Waals surface area (Å²) in [5, 5.41) is 3.73. The predicted molar refractivity (Wildman–Crippen MR) is 166 cm³/mol. The summed E-state index contributed by atoms with van der Waals surface area (Å²) in [6.07, 6.45) is 3.49. The molecule has 1 aliphatic heterocycles. The molecule has 0 spiro atoms. The van der Waals surface area contributed by atoms with Crippen molar-refractivity contribution < 1.29 is 31.2 Å². The van der Waals surface area contributed by atoms with Crippen molar-refractivity contribution in [2.45, 2.75) is 11.3 Å². The van der Waals surface area contributed by atoms with Crippen LogP contribution in [0, 0.1) is 0 Å². The largest absolute Gasteiger partial charge is 0.496 e. The molecule has 0 saturated carbocycles. The molecular formula is C29H32N6O7S2. The maximum Gasteiger partial charge on any atom is 0.322 e. The normalized spacial score (nSPS) is 14.1. The topological polar surface area (TPSA) is 173 Å². The van der Waals surface area contributed by atoms with Crippen LogP contribution < -0.4 is 20.5 Å². The number of aryl methyl sites for hydroxylation is 1. The number of amides is 3. The Kier molecular flexibility index (Phi) is 8.29. The van der Waals surface area contributed by atoms with E-state index in [4.69, 9.17) is 10.5 Å². The van der Waals surface area contributed by atoms with Crippen LogP contribution in [0.1, 0.15) is 21.5 Å². The van der Waals surface area contributed by atoms with E-state index in [2.05, 4.69) is 10.0 Å². The number of nitrogens with two attached hydrogens (primary N) is 1. The summed E-state index contributed by atoms with van der Waals surface area (Å²) in [5.74, 6) is -0.414. The van der Waals surface area contributed by atoms with Crippen LogP contribution in [0.15, 0.2) is 71.8 Å². The molecule has 4 N–H and O–H groups in total. The third-order valence-corrected chi connectivity index (χ3v) is 9.96. The molecule has 0 bridgehead atoms. The fourth-order valence-electron chi connectivity index (χ4n) is 5.02. The molecule has 4 aromatic rings. The molecule has 232 valence electrons. The minimum absolute atomic E-state index is 0.00930. The summed E-state index contributed by atoms with van der Waals surface area (Å²) in [6.45, 7) is 0.526. The molecule has 1 saturated heterocycles. The van der Waals surface area contributed by atoms with Crippen LogP contribution in [0.4, 0.5) is 16.2 Å². The van der Waals surface area contributed by atoms with Gasteiger partial charge in [-0.05, 0) is 65.7 Å². The van der Waals surface area contributed by atoms with Gasteiger partial charge in [-0.1, -0.05) is 6.07 Å². The Bertz CT molecular complexity index is 1970. The molecule has 1 aliphatic rings. The third-order valence-electron chi connectivity index (χ3n) is 7.37. The summed E-state index contributed by atoms with van der Waals surface area (Å²) in [5.41, 5.74) is 9.27. The molecule has 1 aromatic heterocycles. The number of carbonyl (C=O) groups excluding carboxylic acids is 2. The van der Waals surface area contributed by atoms with Crippen LogP contribution in [0.3, 0.4) is 0 Å². The third kappa shape index (κ3) is 6.49. The molecule has 0 radical (unpaired) electrons. The van der Waals surface area contributed by atoms with Gasteiger partial charge >= 0.3 is 6.03 Å². The summed E-state index contributed by atoms with van der Waals surface area (Å²) < 4.78 is 59.8. The molecule has 15 heteroatoms. The molecule has 44 heavy (non-hydrogen) atoms. The standard InChI is InChI=1S/C29H32N6O7S2/c1-33-17-21(25-16-23(8-11-26(25)33)31-29(37)34-12-13-35(18-34)43(3,38)39)14-19-4-5-20(15-27(19)42-2)28(36)32-44(40,41)24-9-6-22(30)7-10-24/h4-11,15-17H,12-14,18,30H2,1-3H3,(H,31,37)(H,32,36). The van der Waals surface area contributed by atoms with Crippen LogP contribution >= 0.6 is 0 Å². The molecular weight excluding hydrogens is 608 g/mol. The summed E-state index contributed by atoms with van der Waals surface area (Å²) in [4.78, 5) is 27.1. The molecule has 0 aliphatic carbocycles. The van der Waals surface area contributed by atoms with E-state index in [9.17, 15) is 26.4 Å². The Morgan fingerprint density at radius 2 is 1.68 bits per heavy atom. The lowest BCUT2D eigenvalue weighted by molar-refractivity contribution is 0.0981. The van der Waals surface area contributed by atoms with Crippen molar-refractivity contribution in [1.29, 1.82) is 0 Å². The Balaban J connectivity index is 1.34. The van der Waals surface area contributed by atoms with Crippen molar-refractivity contribution in [2.24, 2.45) is 7.05 Å². The number of hydrogen-bond acceptors (Lipinski definition) is 8. The number of carbonyl (C=O) groups is 2. The average Bonchev–Trinajstić information content (AvgIpc) is 3.59. The molecule has 13 nitrogen and oxygen atoms in total. The first-order valence-electron chi connectivity index (χ1n) is 13.4. The maximum atomic E-state index is 12.9. The number of anilines is 2. The number of hydrogen-bond donors (Lipinski definition) is 3. The van der Waals surface area contributed by atoms with Gasteiger partial charge in [0, 0.05) is 60.6 Å². The molecule has 5 rings (SSSR count). The first kappa shape index (κ1) is 30.8. The minimum atomic E-state index is -4.11. The van der Waals surface area contributed by atoms with Crippen LogP contribution in [0.2, 0.25) is 0 Å². The van der Waals surface area contributed by atoms with E-state index in [0.29, 0.717) is 30.1 Å². The first-order chi connectivity index (χ1) is 20.7. The highest BCUT2D eigenvalue weighted by Gasteiger charge is 2.30. The Morgan fingerprint density at radius 3 is 2.34 bits per heavy atom. The summed E-state index contributed by atoms with van der Waals surface area (Å²) in [6, 6.07) is 15.3. The van der Waals surface area contributed by atoms with E-state index < -0.39 is 32.0 Å². The Morgan fingerprint density at radius 1 is 0.955 bits per heavy atom. The van der Waals surface area contributed by atoms with Crippen LogP contribution in [0.5, 0.6) is 5.75 Å². The summed E-state index contributed by atoms with van der Waals surface area (Å²) in [7, 11) is -4.14. The van der Waals surface area contributed by atoms with E-state index in [0.717, 1.165) is 28.3 Å². The molecule has 0 unspecified atom stereocenters. The smallest absolute Gasteiger partial charge is 0.322 e. The number of methoxy groups -OCH3 is 1. The van der Waals surface area contributed by atoms with Crippen molar-refractivity contribution in [2.75, 3.05) is 44.2 Å². The number of nitrogen functional groups attached to an aromatic ring is 1. The number of sulfonamides is 2. The molecule has 2 heterocycles. The van der Waals surface area contributed by atoms with Gasteiger partial charge in [0.15, 0.2) is 0 Å². The Labute approximate surface area is 255 Å². The molecule has 1 fully saturated rings. The number of aromatic nitrogens is 1. The SMILES string of the molecule is COc1cc(C(=O)NS(=O)(=O)c2ccc(N)cc2)ccc1Cc1cn(C)c2ccc(NC(=O)N3CCN(S(C)(=O)=O)C3)cc12. The van der Waals surface area contributed by atoms with Gasteiger partial charge in [-0.2, -0.15) is 4.31 Å². The first-order valence-corrected chi connectivity index (χ1v) is 16.8. The highest BCUT2D eigenvalue weighted by Crippen LogP contribution is 2.30. The number of benzene rings is 3. The van der Waals surface area contributed by atoms with Crippen molar-refractivity contribution in [3.8, 4) is 5.75 Å². The van der Waals surface area contributed by atoms with Crippen LogP contribution in [-0.4, -0.2) is 75.7 Å². The number of fused-ring (bicyclic) bond motifs is 1. The predicted octanol–water partition coefficient (Wildman–Crippen LogP) is 2.55. The second-order valence-electron chi connectivity index (χ2n) is 10.5.